The van der Waals surface area contributed by atoms with Crippen molar-refractivity contribution < 1.29 is 47.8 Å². The third-order valence-corrected chi connectivity index (χ3v) is 10.8. The molecule has 2 aromatic heterocycles. The Balaban J connectivity index is 1.31. The summed E-state index contributed by atoms with van der Waals surface area (Å²) in [5, 5.41) is 27.9. The maximum atomic E-state index is 14.3. The fourth-order valence-corrected chi connectivity index (χ4v) is 8.04. The number of aliphatic hydroxyl groups is 2. The van der Waals surface area contributed by atoms with Crippen molar-refractivity contribution in [2.75, 3.05) is 19.5 Å². The third-order valence-electron chi connectivity index (χ3n) is 8.88. The van der Waals surface area contributed by atoms with E-state index in [0.29, 0.717) is 0 Å². The predicted molar refractivity (Wildman–Crippen MR) is 167 cm³/mol. The van der Waals surface area contributed by atoms with Crippen LogP contribution in [0.3, 0.4) is 0 Å². The molecule has 0 aromatic carbocycles. The second-order valence-corrected chi connectivity index (χ2v) is 14.6. The summed E-state index contributed by atoms with van der Waals surface area (Å²) in [6, 6.07) is -2.17. The summed E-state index contributed by atoms with van der Waals surface area (Å²) in [7, 11) is -2.85. The van der Waals surface area contributed by atoms with Gasteiger partial charge in [-0.2, -0.15) is 9.97 Å². The van der Waals surface area contributed by atoms with Crippen LogP contribution in [0, 0.1) is 0 Å². The zero-order valence-corrected chi connectivity index (χ0v) is 28.1. The molecule has 0 bridgehead atoms. The lowest BCUT2D eigenvalue weighted by Gasteiger charge is -2.29. The van der Waals surface area contributed by atoms with Crippen LogP contribution in [-0.4, -0.2) is 97.5 Å². The van der Waals surface area contributed by atoms with Gasteiger partial charge in [-0.3, -0.25) is 18.7 Å². The van der Waals surface area contributed by atoms with E-state index in [2.05, 4.69) is 25.1 Å². The molecule has 2 aromatic rings. The first-order valence-corrected chi connectivity index (χ1v) is 17.7. The van der Waals surface area contributed by atoms with Crippen LogP contribution >= 0.6 is 7.67 Å². The van der Waals surface area contributed by atoms with Gasteiger partial charge in [-0.15, -0.1) is 0 Å². The van der Waals surface area contributed by atoms with E-state index in [1.54, 1.807) is 0 Å². The number of nitrogens with zero attached hydrogens (tertiary/aromatic N) is 4. The predicted octanol–water partition coefficient (Wildman–Crippen LogP) is 1.87. The second kappa shape index (κ2) is 14.7. The van der Waals surface area contributed by atoms with Gasteiger partial charge in [0.05, 0.1) is 20.0 Å². The van der Waals surface area contributed by atoms with Crippen molar-refractivity contribution in [1.29, 1.82) is 0 Å². The van der Waals surface area contributed by atoms with Crippen LogP contribution in [0.4, 0.5) is 5.95 Å². The lowest BCUT2D eigenvalue weighted by atomic mass is 9.96. The summed E-state index contributed by atoms with van der Waals surface area (Å²) >= 11 is 0. The SMILES string of the molecule is COc1nc(N)nc2c1ncn2[C@@H]1O[C@H](COP(=O)(N[C@@H](C)C(=O)OC2CCCCC2)N[C@@H](C)C(=O)OC2CCCC2)[C@@H](O)[C@@]1(C)O. The molecule has 0 radical (unpaired) electrons. The monoisotopic (exact) mass is 683 g/mol. The highest BCUT2D eigenvalue weighted by molar-refractivity contribution is 7.54. The van der Waals surface area contributed by atoms with Crippen LogP contribution in [0.1, 0.15) is 84.8 Å². The molecule has 1 aliphatic heterocycles. The van der Waals surface area contributed by atoms with Gasteiger partial charge >= 0.3 is 19.6 Å². The fraction of sp³-hybridized carbons (Fsp3) is 0.759. The summed E-state index contributed by atoms with van der Waals surface area (Å²) in [6.07, 6.45) is 4.82. The number of aromatic nitrogens is 4. The number of rotatable bonds is 13. The smallest absolute Gasteiger partial charge is 0.342 e. The van der Waals surface area contributed by atoms with Crippen molar-refractivity contribution in [2.45, 2.75) is 127 Å². The van der Waals surface area contributed by atoms with E-state index in [9.17, 15) is 24.4 Å². The molecule has 262 valence electrons. The Hall–Kier alpha value is -2.92. The third kappa shape index (κ3) is 8.04. The van der Waals surface area contributed by atoms with E-state index >= 15 is 0 Å². The standard InChI is InChI=1S/C29H46N7O10P/c1-16(25(38)44-18-10-6-5-7-11-18)34-47(41,35-17(2)26(39)45-19-12-8-9-13-19)43-14-20-22(37)29(3,40)27(46-20)36-15-31-21-23(36)32-28(30)33-24(21)42-4/h15-20,22,27,37,40H,5-14H2,1-4H3,(H2,30,32,33)(H2,34,35,41)/t16-,17-,20+,22+,27+,29+,47?/m0/s1. The molecule has 3 heterocycles. The topological polar surface area (TPSA) is 231 Å². The lowest BCUT2D eigenvalue weighted by molar-refractivity contribution is -0.152. The number of aliphatic hydroxyl groups excluding tert-OH is 1. The summed E-state index contributed by atoms with van der Waals surface area (Å²) < 4.78 is 44.0. The van der Waals surface area contributed by atoms with E-state index in [1.165, 1.54) is 38.8 Å². The number of nitrogen functional groups attached to an aromatic ring is 1. The van der Waals surface area contributed by atoms with Crippen molar-refractivity contribution in [1.82, 2.24) is 29.7 Å². The molecule has 0 amide bonds. The van der Waals surface area contributed by atoms with Gasteiger partial charge in [-0.05, 0) is 72.1 Å². The summed E-state index contributed by atoms with van der Waals surface area (Å²) in [5.41, 5.74) is 4.36. The Bertz CT molecular complexity index is 1460. The molecular weight excluding hydrogens is 637 g/mol. The minimum absolute atomic E-state index is 0.107. The van der Waals surface area contributed by atoms with E-state index in [4.69, 9.17) is 29.2 Å². The molecule has 6 N–H and O–H groups in total. The number of esters is 2. The summed E-state index contributed by atoms with van der Waals surface area (Å²) in [4.78, 5) is 38.3. The molecule has 5 rings (SSSR count). The van der Waals surface area contributed by atoms with Gasteiger partial charge in [0, 0.05) is 0 Å². The Labute approximate surface area is 272 Å². The molecule has 3 fully saturated rings. The van der Waals surface area contributed by atoms with E-state index < -0.39 is 62.3 Å². The van der Waals surface area contributed by atoms with Crippen LogP contribution in [0.5, 0.6) is 5.88 Å². The molecule has 7 atom stereocenters. The van der Waals surface area contributed by atoms with Gasteiger partial charge in [0.2, 0.25) is 11.8 Å². The number of imidazole rings is 1. The first kappa shape index (κ1) is 35.4. The van der Waals surface area contributed by atoms with Crippen LogP contribution in [0.25, 0.3) is 11.2 Å². The van der Waals surface area contributed by atoms with Crippen molar-refractivity contribution in [3.8, 4) is 5.88 Å². The van der Waals surface area contributed by atoms with Crippen LogP contribution in [0.2, 0.25) is 0 Å². The number of fused-ring (bicyclic) bond motifs is 1. The Morgan fingerprint density at radius 3 is 2.17 bits per heavy atom. The van der Waals surface area contributed by atoms with Gasteiger partial charge in [0.15, 0.2) is 17.4 Å². The maximum Gasteiger partial charge on any atom is 0.342 e. The van der Waals surface area contributed by atoms with Crippen molar-refractivity contribution in [3.05, 3.63) is 6.33 Å². The normalized spacial score (nSPS) is 28.2. The first-order chi connectivity index (χ1) is 22.3. The van der Waals surface area contributed by atoms with E-state index in [1.807, 2.05) is 0 Å². The number of anilines is 1. The van der Waals surface area contributed by atoms with E-state index in [-0.39, 0.29) is 35.2 Å². The average molecular weight is 684 g/mol. The van der Waals surface area contributed by atoms with Crippen molar-refractivity contribution in [2.24, 2.45) is 0 Å². The highest BCUT2D eigenvalue weighted by Crippen LogP contribution is 2.44. The maximum absolute atomic E-state index is 14.3. The minimum atomic E-state index is -4.24. The minimum Gasteiger partial charge on any atom is -0.479 e. The number of nitrogens with one attached hydrogen (secondary N) is 2. The zero-order chi connectivity index (χ0) is 33.9. The first-order valence-electron chi connectivity index (χ1n) is 16.1. The van der Waals surface area contributed by atoms with Crippen molar-refractivity contribution in [3.63, 3.8) is 0 Å². The molecule has 47 heavy (non-hydrogen) atoms. The Morgan fingerprint density at radius 1 is 1.06 bits per heavy atom. The number of carbonyl (C=O) groups excluding carboxylic acids is 2. The van der Waals surface area contributed by atoms with Gasteiger partial charge in [0.25, 0.3) is 0 Å². The average Bonchev–Trinajstić information content (AvgIpc) is 3.75. The summed E-state index contributed by atoms with van der Waals surface area (Å²) in [6.45, 7) is 3.80. The Kier molecular flexibility index (Phi) is 11.1. The molecular formula is C29H46N7O10P. The molecule has 18 heteroatoms. The summed E-state index contributed by atoms with van der Waals surface area (Å²) in [5.74, 6) is -1.24. The highest BCUT2D eigenvalue weighted by Gasteiger charge is 2.54. The van der Waals surface area contributed by atoms with E-state index in [0.717, 1.165) is 57.8 Å². The fourth-order valence-electron chi connectivity index (χ4n) is 6.23. The zero-order valence-electron chi connectivity index (χ0n) is 27.2. The number of nitrogens with two attached hydrogens (primary N) is 1. The molecule has 17 nitrogen and oxygen atoms in total. The quantitative estimate of drug-likeness (QED) is 0.150. The van der Waals surface area contributed by atoms with Gasteiger partial charge in [-0.1, -0.05) is 6.42 Å². The van der Waals surface area contributed by atoms with Crippen LogP contribution in [-0.2, 0) is 32.9 Å². The van der Waals surface area contributed by atoms with Crippen LogP contribution < -0.4 is 20.6 Å². The molecule has 2 saturated carbocycles. The number of ether oxygens (including phenoxy) is 4. The van der Waals surface area contributed by atoms with Gasteiger partial charge in [0.1, 0.15) is 42.1 Å². The number of hydrogen-bond donors (Lipinski definition) is 5. The highest BCUT2D eigenvalue weighted by atomic mass is 31.2. The largest absolute Gasteiger partial charge is 0.479 e. The van der Waals surface area contributed by atoms with Crippen LogP contribution in [0.15, 0.2) is 6.33 Å². The molecule has 1 saturated heterocycles. The molecule has 0 spiro atoms. The number of methoxy groups -OCH3 is 1. The number of carbonyl (C=O) groups is 2. The molecule has 3 aliphatic rings. The number of hydrogen-bond acceptors (Lipinski definition) is 14. The second-order valence-electron chi connectivity index (χ2n) is 12.7. The van der Waals surface area contributed by atoms with Crippen molar-refractivity contribution >= 4 is 36.7 Å². The van der Waals surface area contributed by atoms with Gasteiger partial charge in [-0.25, -0.2) is 15.2 Å². The molecule has 1 unspecified atom stereocenters. The lowest BCUT2D eigenvalue weighted by Crippen LogP contribution is -2.46. The van der Waals surface area contributed by atoms with Gasteiger partial charge < -0.3 is 39.4 Å². The Morgan fingerprint density at radius 2 is 1.62 bits per heavy atom. The molecule has 2 aliphatic carbocycles.